The van der Waals surface area contributed by atoms with Gasteiger partial charge in [0.2, 0.25) is 0 Å². The van der Waals surface area contributed by atoms with Crippen LogP contribution in [0.5, 0.6) is 5.75 Å². The minimum atomic E-state index is -0.698. The van der Waals surface area contributed by atoms with E-state index in [1.54, 1.807) is 0 Å². The van der Waals surface area contributed by atoms with E-state index in [9.17, 15) is 10.1 Å². The first-order chi connectivity index (χ1) is 23.0. The van der Waals surface area contributed by atoms with Crippen LogP contribution in [0.3, 0.4) is 0 Å². The Balaban J connectivity index is 1.40. The lowest BCUT2D eigenvalue weighted by Gasteiger charge is -2.38. The topological polar surface area (TPSA) is 108 Å². The van der Waals surface area contributed by atoms with Crippen molar-refractivity contribution in [3.63, 3.8) is 0 Å². The van der Waals surface area contributed by atoms with Gasteiger partial charge in [0.25, 0.3) is 0 Å². The molecule has 3 aromatic rings. The highest BCUT2D eigenvalue weighted by Gasteiger charge is 2.57. The summed E-state index contributed by atoms with van der Waals surface area (Å²) in [4.78, 5) is 10.8. The zero-order valence-electron chi connectivity index (χ0n) is 27.3. The Morgan fingerprint density at radius 2 is 1.66 bits per heavy atom. The summed E-state index contributed by atoms with van der Waals surface area (Å²) in [5.74, 6) is 0.455. The van der Waals surface area contributed by atoms with E-state index in [4.69, 9.17) is 21.6 Å². The van der Waals surface area contributed by atoms with Gasteiger partial charge in [0.1, 0.15) is 12.4 Å². The van der Waals surface area contributed by atoms with Crippen LogP contribution in [-0.2, 0) is 11.4 Å². The monoisotopic (exact) mass is 649 g/mol. The third-order valence-corrected chi connectivity index (χ3v) is 10.6. The lowest BCUT2D eigenvalue weighted by Crippen LogP contribution is -2.35. The minimum absolute atomic E-state index is 0.248. The van der Waals surface area contributed by atoms with Crippen LogP contribution >= 0.6 is 12.1 Å². The number of nitriles is 1. The molecule has 7 heteroatoms. The van der Waals surface area contributed by atoms with Gasteiger partial charge >= 0.3 is 5.97 Å². The molecule has 3 aromatic carbocycles. The highest BCUT2D eigenvalue weighted by Crippen LogP contribution is 2.66. The van der Waals surface area contributed by atoms with Crippen molar-refractivity contribution in [2.24, 2.45) is 16.5 Å². The van der Waals surface area contributed by atoms with Gasteiger partial charge in [-0.15, -0.1) is 0 Å². The average Bonchev–Trinajstić information content (AvgIpc) is 3.61. The molecule has 5 rings (SSSR count). The van der Waals surface area contributed by atoms with Gasteiger partial charge in [-0.3, -0.25) is 9.93 Å². The Hall–Kier alpha value is -3.83. The smallest absolute Gasteiger partial charge is 0.303 e. The molecule has 1 saturated carbocycles. The van der Waals surface area contributed by atoms with E-state index in [2.05, 4.69) is 53.3 Å². The molecular formula is C40H47N3O3S. The van der Waals surface area contributed by atoms with Crippen molar-refractivity contribution >= 4 is 29.2 Å². The van der Waals surface area contributed by atoms with Crippen molar-refractivity contribution in [1.82, 2.24) is 4.72 Å². The third kappa shape index (κ3) is 8.19. The second-order valence-corrected chi connectivity index (χ2v) is 13.4. The number of unbranched alkanes of at least 4 members (excludes halogenated alkanes) is 6. The number of aliphatic carboxylic acids is 1. The van der Waals surface area contributed by atoms with Gasteiger partial charge < -0.3 is 9.84 Å². The molecule has 0 heterocycles. The molecule has 2 aliphatic rings. The Labute approximate surface area is 284 Å². The van der Waals surface area contributed by atoms with Gasteiger partial charge in [0.05, 0.1) is 11.6 Å². The Bertz CT molecular complexity index is 1580. The van der Waals surface area contributed by atoms with Crippen LogP contribution in [0.25, 0.3) is 11.1 Å². The first kappa shape index (κ1) is 34.5. The summed E-state index contributed by atoms with van der Waals surface area (Å²) in [7, 11) is 0. The normalized spacial score (nSPS) is 20.2. The molecule has 3 unspecified atom stereocenters. The maximum absolute atomic E-state index is 10.8. The quantitative estimate of drug-likeness (QED) is 0.0930. The number of nitrogens with two attached hydrogens (primary N) is 1. The summed E-state index contributed by atoms with van der Waals surface area (Å²) in [6, 6.07) is 29.2. The fourth-order valence-electron chi connectivity index (χ4n) is 7.89. The van der Waals surface area contributed by atoms with Gasteiger partial charge in [0.15, 0.2) is 0 Å². The van der Waals surface area contributed by atoms with Crippen LogP contribution in [0.1, 0.15) is 99.3 Å². The molecule has 4 N–H and O–H groups in total. The lowest BCUT2D eigenvalue weighted by atomic mass is 9.66. The van der Waals surface area contributed by atoms with Gasteiger partial charge in [-0.25, -0.2) is 4.72 Å². The number of hydrogen-bond acceptors (Lipinski definition) is 6. The second kappa shape index (κ2) is 16.8. The molecule has 0 aliphatic heterocycles. The molecule has 0 aromatic heterocycles. The molecule has 0 bridgehead atoms. The Morgan fingerprint density at radius 1 is 0.979 bits per heavy atom. The van der Waals surface area contributed by atoms with Gasteiger partial charge in [-0.2, -0.15) is 5.26 Å². The number of nitrogens with one attached hydrogen (secondary N) is 1. The number of para-hydroxylation sites is 1. The number of hydrogen-bond donors (Lipinski definition) is 3. The van der Waals surface area contributed by atoms with E-state index >= 15 is 0 Å². The molecule has 3 atom stereocenters. The molecule has 47 heavy (non-hydrogen) atoms. The van der Waals surface area contributed by atoms with Crippen molar-refractivity contribution in [3.05, 3.63) is 113 Å². The SMILES string of the molecule is C=C(c1ccccc1OCc1ccc(C#N)cc1)C12CCC(NSN)C1CC(CCCCCCCCCC(=O)O)=C2c1ccccc1. The molecule has 0 radical (unpaired) electrons. The van der Waals surface area contributed by atoms with E-state index in [-0.39, 0.29) is 17.9 Å². The van der Waals surface area contributed by atoms with Crippen molar-refractivity contribution in [2.75, 3.05) is 0 Å². The molecule has 0 spiro atoms. The van der Waals surface area contributed by atoms with Crippen LogP contribution in [-0.4, -0.2) is 17.1 Å². The van der Waals surface area contributed by atoms with E-state index in [1.807, 2.05) is 36.4 Å². The predicted octanol–water partition coefficient (Wildman–Crippen LogP) is 9.48. The number of carbonyl (C=O) groups is 1. The van der Waals surface area contributed by atoms with Crippen LogP contribution in [0, 0.1) is 22.7 Å². The van der Waals surface area contributed by atoms with Crippen molar-refractivity contribution in [1.29, 1.82) is 5.26 Å². The van der Waals surface area contributed by atoms with E-state index < -0.39 is 5.97 Å². The fraction of sp³-hybridized carbons (Fsp3) is 0.400. The largest absolute Gasteiger partial charge is 0.488 e. The third-order valence-electron chi connectivity index (χ3n) is 10.1. The molecule has 2 aliphatic carbocycles. The zero-order chi connectivity index (χ0) is 33.1. The van der Waals surface area contributed by atoms with Gasteiger partial charge in [-0.1, -0.05) is 105 Å². The van der Waals surface area contributed by atoms with Gasteiger partial charge in [0, 0.05) is 35.6 Å². The van der Waals surface area contributed by atoms with Crippen LogP contribution < -0.4 is 14.6 Å². The lowest BCUT2D eigenvalue weighted by molar-refractivity contribution is -0.137. The summed E-state index contributed by atoms with van der Waals surface area (Å²) in [5, 5.41) is 24.1. The predicted molar refractivity (Wildman–Crippen MR) is 192 cm³/mol. The average molecular weight is 650 g/mol. The summed E-state index contributed by atoms with van der Waals surface area (Å²) in [5.41, 5.74) is 7.81. The molecule has 6 nitrogen and oxygen atoms in total. The van der Waals surface area contributed by atoms with Crippen molar-refractivity contribution < 1.29 is 14.6 Å². The van der Waals surface area contributed by atoms with Crippen molar-refractivity contribution in [3.8, 4) is 11.8 Å². The van der Waals surface area contributed by atoms with Crippen LogP contribution in [0.4, 0.5) is 0 Å². The molecule has 246 valence electrons. The molecule has 0 amide bonds. The van der Waals surface area contributed by atoms with E-state index in [0.29, 0.717) is 18.1 Å². The highest BCUT2D eigenvalue weighted by molar-refractivity contribution is 7.95. The first-order valence-electron chi connectivity index (χ1n) is 17.0. The summed E-state index contributed by atoms with van der Waals surface area (Å²) < 4.78 is 10.0. The minimum Gasteiger partial charge on any atom is -0.488 e. The zero-order valence-corrected chi connectivity index (χ0v) is 28.1. The number of allylic oxidation sites excluding steroid dienone is 3. The maximum Gasteiger partial charge on any atom is 0.303 e. The number of rotatable bonds is 18. The number of nitrogens with zero attached hydrogens (tertiary/aromatic N) is 1. The summed E-state index contributed by atoms with van der Waals surface area (Å²) in [6.07, 6.45) is 11.9. The summed E-state index contributed by atoms with van der Waals surface area (Å²) >= 11 is 1.22. The molecule has 0 saturated heterocycles. The maximum atomic E-state index is 10.8. The van der Waals surface area contributed by atoms with E-state index in [0.717, 1.165) is 80.2 Å². The standard InChI is InChI=1S/C40H47N3O3S/c1-29(34-17-12-13-18-37(34)46-28-31-22-20-30(27-41)21-23-31)40-25-24-36(43-47-42)35(40)26-33(39(40)32-14-9-7-10-15-32)16-8-5-3-2-4-6-11-19-38(44)45/h7,9-10,12-15,17-18,20-23,35-36,43H,1-6,8,11,16,19,24-26,28,42H2,(H,44,45). The highest BCUT2D eigenvalue weighted by atomic mass is 32.2. The van der Waals surface area contributed by atoms with Crippen molar-refractivity contribution in [2.45, 2.75) is 89.7 Å². The van der Waals surface area contributed by atoms with E-state index in [1.165, 1.54) is 41.7 Å². The number of benzene rings is 3. The van der Waals surface area contributed by atoms with Crippen LogP contribution in [0.15, 0.2) is 91.0 Å². The Morgan fingerprint density at radius 3 is 2.36 bits per heavy atom. The number of carboxylic acid groups (broad SMARTS) is 1. The Kier molecular flexibility index (Phi) is 12.4. The molecule has 1 fully saturated rings. The number of ether oxygens (including phenoxy) is 1. The molecular weight excluding hydrogens is 603 g/mol. The fourth-order valence-corrected chi connectivity index (χ4v) is 8.34. The summed E-state index contributed by atoms with van der Waals surface area (Å²) in [6.45, 7) is 5.30. The first-order valence-corrected chi connectivity index (χ1v) is 17.9. The van der Waals surface area contributed by atoms with Crippen LogP contribution in [0.2, 0.25) is 0 Å². The number of fused-ring (bicyclic) bond motifs is 1. The number of carboxylic acids is 1. The second-order valence-electron chi connectivity index (χ2n) is 12.9. The van der Waals surface area contributed by atoms with Gasteiger partial charge in [-0.05, 0) is 84.9 Å².